The fourth-order valence-corrected chi connectivity index (χ4v) is 18.0. The Morgan fingerprint density at radius 3 is 0.733 bits per heavy atom. The third-order valence-electron chi connectivity index (χ3n) is 21.5. The first-order valence-electron chi connectivity index (χ1n) is 34.2. The highest BCUT2D eigenvalue weighted by Gasteiger charge is 2.37. The molecule has 0 atom stereocenters. The Kier molecular flexibility index (Phi) is 13.7. The summed E-state index contributed by atoms with van der Waals surface area (Å²) in [5.74, 6) is 8.94. The molecule has 0 amide bonds. The lowest BCUT2D eigenvalue weighted by Gasteiger charge is -2.33. The van der Waals surface area contributed by atoms with Gasteiger partial charge in [-0.25, -0.2) is 0 Å². The number of hydrogen-bond donors (Lipinski definition) is 0. The van der Waals surface area contributed by atoms with E-state index in [4.69, 9.17) is 37.9 Å². The van der Waals surface area contributed by atoms with E-state index in [0.29, 0.717) is 0 Å². The van der Waals surface area contributed by atoms with Gasteiger partial charge in [0.2, 0.25) is 0 Å². The first kappa shape index (κ1) is 53.4. The maximum atomic E-state index is 7.14. The highest BCUT2D eigenvalue weighted by molar-refractivity contribution is 6.00. The highest BCUT2D eigenvalue weighted by Crippen LogP contribution is 2.56. The Morgan fingerprint density at radius 2 is 0.500 bits per heavy atom. The molecule has 8 aromatic rings. The number of benzene rings is 8. The Balaban J connectivity index is 0.988. The van der Waals surface area contributed by atoms with Crippen molar-refractivity contribution in [2.24, 2.45) is 0 Å². The van der Waals surface area contributed by atoms with Crippen LogP contribution in [-0.2, 0) is 64.2 Å². The lowest BCUT2D eigenvalue weighted by molar-refractivity contribution is 0.278. The predicted octanol–water partition coefficient (Wildman–Crippen LogP) is 17.8. The van der Waals surface area contributed by atoms with Crippen LogP contribution in [0.15, 0.2) is 48.5 Å². The topological polar surface area (TPSA) is 73.8 Å². The second-order valence-corrected chi connectivity index (χ2v) is 26.9. The van der Waals surface area contributed by atoms with Gasteiger partial charge >= 0.3 is 0 Å². The third-order valence-corrected chi connectivity index (χ3v) is 21.5. The van der Waals surface area contributed by atoms with Crippen LogP contribution in [0.25, 0.3) is 43.1 Å². The molecule has 0 saturated heterocycles. The minimum atomic E-state index is 0.0758. The lowest BCUT2D eigenvalue weighted by atomic mass is 9.77. The molecule has 8 nitrogen and oxygen atoms in total. The average molecular weight is 1150 g/mol. The van der Waals surface area contributed by atoms with Gasteiger partial charge < -0.3 is 37.9 Å². The fraction of sp³-hybridized carbons (Fsp3) is 0.487. The molecule has 1 aliphatic carbocycles. The van der Waals surface area contributed by atoms with E-state index in [0.717, 1.165) is 253 Å². The molecule has 12 bridgehead atoms. The summed E-state index contributed by atoms with van der Waals surface area (Å²) in [5, 5.41) is 10.7. The van der Waals surface area contributed by atoms with Gasteiger partial charge in [-0.15, -0.1) is 0 Å². The standard InChI is InChI=1S/C78H84O8/c1-3-5-7-17-53-63-41-45-35-49(71-55(19-9-27-79-71)67(45)59-23-13-31-83-75(59)63)39-51-37-47-43-65(77-61(25-15-33-85-77)69(47)57-21-11-29-81-73(51)57)54(18-8-6-4-2)66-44-48-38-52(74-58(22-12-30-82-74)70(48)62-26-16-34-86-78(62)66)40-50-36-46-42-64(53)76-60(24-14-32-84-76)68(46)56-20-10-28-80-72(50)56/h35-38,41-44,53-54H,3-34,39-40H2,1-2H3. The summed E-state index contributed by atoms with van der Waals surface area (Å²) in [6.45, 7) is 10.5. The molecule has 0 radical (unpaired) electrons. The second kappa shape index (κ2) is 22.1. The van der Waals surface area contributed by atoms with Crippen LogP contribution >= 0.6 is 0 Å². The van der Waals surface area contributed by atoms with E-state index in [1.165, 1.54) is 145 Å². The Bertz CT molecular complexity index is 3580. The molecule has 9 aliphatic rings. The second-order valence-electron chi connectivity index (χ2n) is 26.9. The predicted molar refractivity (Wildman–Crippen MR) is 344 cm³/mol. The van der Waals surface area contributed by atoms with Crippen LogP contribution in [0.4, 0.5) is 0 Å². The van der Waals surface area contributed by atoms with Crippen molar-refractivity contribution in [2.75, 3.05) is 52.9 Å². The van der Waals surface area contributed by atoms with Gasteiger partial charge in [-0.05, 0) is 229 Å². The number of rotatable bonds is 8. The van der Waals surface area contributed by atoms with Crippen molar-refractivity contribution in [3.63, 3.8) is 0 Å². The van der Waals surface area contributed by atoms with E-state index in [1.807, 2.05) is 0 Å². The van der Waals surface area contributed by atoms with Gasteiger partial charge in [-0.2, -0.15) is 0 Å². The van der Waals surface area contributed by atoms with Crippen LogP contribution in [-0.4, -0.2) is 52.9 Å². The van der Waals surface area contributed by atoms with E-state index in [-0.39, 0.29) is 11.8 Å². The van der Waals surface area contributed by atoms with Gasteiger partial charge in [0.15, 0.2) is 0 Å². The van der Waals surface area contributed by atoms with E-state index in [1.54, 1.807) is 0 Å². The van der Waals surface area contributed by atoms with Crippen LogP contribution in [0, 0.1) is 0 Å². The summed E-state index contributed by atoms with van der Waals surface area (Å²) in [5.41, 5.74) is 21.3. The first-order valence-corrected chi connectivity index (χ1v) is 34.2. The minimum absolute atomic E-state index is 0.0758. The summed E-state index contributed by atoms with van der Waals surface area (Å²) >= 11 is 0. The van der Waals surface area contributed by atoms with E-state index in [9.17, 15) is 0 Å². The van der Waals surface area contributed by atoms with Gasteiger partial charge in [0.1, 0.15) is 46.0 Å². The molecule has 8 aromatic carbocycles. The molecule has 0 N–H and O–H groups in total. The highest BCUT2D eigenvalue weighted by atomic mass is 16.5. The smallest absolute Gasteiger partial charge is 0.126 e. The summed E-state index contributed by atoms with van der Waals surface area (Å²) in [6.07, 6.45) is 26.4. The van der Waals surface area contributed by atoms with Crippen LogP contribution in [0.5, 0.6) is 46.0 Å². The zero-order valence-corrected chi connectivity index (χ0v) is 51.1. The number of hydrogen-bond acceptors (Lipinski definition) is 8. The molecular weight excluding hydrogens is 1060 g/mol. The SMILES string of the molecule is CCCCCC1c2cc3cc(c4c(c3c3c2OCCC3)CCCO4)Cc2cc3cc(c4c(c3c3c2OCCC3)CCCO4)C(CCCCC)c2cc3cc(c4c(c3c3c2OCCC3)CCCO4)Cc2cc3cc1c1c(c3c3c2OCCC3)CCCO1. The van der Waals surface area contributed by atoms with Crippen molar-refractivity contribution >= 4 is 43.1 Å². The monoisotopic (exact) mass is 1150 g/mol. The molecule has 8 heterocycles. The molecule has 0 fully saturated rings. The molecular formula is C78H84O8. The molecule has 86 heavy (non-hydrogen) atoms. The Morgan fingerprint density at radius 1 is 0.279 bits per heavy atom. The van der Waals surface area contributed by atoms with Crippen LogP contribution in [0.3, 0.4) is 0 Å². The summed E-state index contributed by atoms with van der Waals surface area (Å²) in [4.78, 5) is 0. The van der Waals surface area contributed by atoms with Crippen LogP contribution < -0.4 is 37.9 Å². The van der Waals surface area contributed by atoms with Crippen LogP contribution in [0.1, 0.15) is 217 Å². The maximum absolute atomic E-state index is 7.14. The molecule has 8 heteroatoms. The molecule has 444 valence electrons. The Labute approximate surface area is 507 Å². The number of unbranched alkanes of at least 4 members (excludes halogenated alkanes) is 4. The van der Waals surface area contributed by atoms with Gasteiger partial charge in [-0.1, -0.05) is 52.4 Å². The molecule has 0 aromatic heterocycles. The normalized spacial score (nSPS) is 19.9. The third kappa shape index (κ3) is 8.68. The van der Waals surface area contributed by atoms with Crippen molar-refractivity contribution in [1.29, 1.82) is 0 Å². The fourth-order valence-electron chi connectivity index (χ4n) is 18.0. The summed E-state index contributed by atoms with van der Waals surface area (Å²) < 4.78 is 56.6. The van der Waals surface area contributed by atoms with Crippen LogP contribution in [0.2, 0.25) is 0 Å². The van der Waals surface area contributed by atoms with Crippen molar-refractivity contribution < 1.29 is 37.9 Å². The van der Waals surface area contributed by atoms with Gasteiger partial charge in [0.05, 0.1) is 52.9 Å². The molecule has 8 aliphatic heterocycles. The Hall–Kier alpha value is -6.80. The van der Waals surface area contributed by atoms with Gasteiger partial charge in [-0.3, -0.25) is 0 Å². The maximum Gasteiger partial charge on any atom is 0.126 e. The first-order chi connectivity index (χ1) is 42.6. The van der Waals surface area contributed by atoms with E-state index >= 15 is 0 Å². The largest absolute Gasteiger partial charge is 0.493 e. The van der Waals surface area contributed by atoms with Crippen molar-refractivity contribution in [2.45, 2.75) is 193 Å². The molecule has 0 unspecified atom stereocenters. The van der Waals surface area contributed by atoms with Crippen molar-refractivity contribution in [3.05, 3.63) is 138 Å². The number of ether oxygens (including phenoxy) is 8. The van der Waals surface area contributed by atoms with Crippen molar-refractivity contribution in [3.8, 4) is 46.0 Å². The van der Waals surface area contributed by atoms with Gasteiger partial charge in [0, 0.05) is 91.4 Å². The van der Waals surface area contributed by atoms with E-state index in [2.05, 4.69) is 62.4 Å². The summed E-state index contributed by atoms with van der Waals surface area (Å²) in [7, 11) is 0. The average Bonchev–Trinajstić information content (AvgIpc) is 1.01. The lowest BCUT2D eigenvalue weighted by Crippen LogP contribution is -2.19. The number of aryl methyl sites for hydroxylation is 8. The minimum Gasteiger partial charge on any atom is -0.493 e. The number of fused-ring (bicyclic) bond motifs is 32. The quantitative estimate of drug-likeness (QED) is 0.139. The van der Waals surface area contributed by atoms with E-state index < -0.39 is 0 Å². The molecule has 17 rings (SSSR count). The zero-order chi connectivity index (χ0) is 57.0. The molecule has 0 saturated carbocycles. The van der Waals surface area contributed by atoms with Crippen molar-refractivity contribution in [1.82, 2.24) is 0 Å². The van der Waals surface area contributed by atoms with Gasteiger partial charge in [0.25, 0.3) is 0 Å². The zero-order valence-electron chi connectivity index (χ0n) is 51.1. The summed E-state index contributed by atoms with van der Waals surface area (Å²) in [6, 6.07) is 20.5. The molecule has 0 spiro atoms.